The van der Waals surface area contributed by atoms with Crippen molar-refractivity contribution in [2.24, 2.45) is 0 Å². The molecule has 2 N–H and O–H groups in total. The smallest absolute Gasteiger partial charge is 0.416 e. The van der Waals surface area contributed by atoms with Crippen molar-refractivity contribution >= 4 is 78.3 Å². The summed E-state index contributed by atoms with van der Waals surface area (Å²) in [5.74, 6) is -2.75. The lowest BCUT2D eigenvalue weighted by molar-refractivity contribution is -0.143. The number of nitrogens with zero attached hydrogens (tertiary/aromatic N) is 6. The number of likely N-dealkylation sites (N-methyl/N-ethyl adjacent to an activating group) is 2. The number of hydrogen-bond acceptors (Lipinski definition) is 11. The Kier molecular flexibility index (Phi) is 28.8. The standard InChI is InChI=1S/C74H84F8N8O8.3ClH/c1-85(34-14-35-87(3)68(93)53-22-27-64(62(76)45-53)83-33-13-5-8-21-66(91)86(2)41-42-88-36-28-59(29-37-88)98-70(95)84-63-20-12-10-18-60(63)51-15-6-4-7-16-51)67(92)48-96-65-46-52-17-9-11-19-61(52)71(65)30-38-89(39-31-71)40-32-72(55-23-25-58(75)26-24-55)49-90(50-97-72)69(94)54-43-56(73(77,78)79)47-57(44-54)74(80,81)82;;;/h4,6-7,9-12,15-20,22-27,43-45,47,59,65,83H,5,8,13-14,21,28-42,46,48-50H2,1-3H3,(H,84,95);3*1H/t65-,72+;;;/m0.../s1. The third-order valence-electron chi connectivity index (χ3n) is 19.6. The summed E-state index contributed by atoms with van der Waals surface area (Å²) in [6.45, 7) is 4.62. The first-order chi connectivity index (χ1) is 46.9. The molecule has 2 atom stereocenters. The van der Waals surface area contributed by atoms with Crippen LogP contribution in [0.5, 0.6) is 0 Å². The predicted molar refractivity (Wildman–Crippen MR) is 377 cm³/mol. The molecular formula is C74H87Cl3F8N8O8. The highest BCUT2D eigenvalue weighted by molar-refractivity contribution is 5.95. The van der Waals surface area contributed by atoms with Gasteiger partial charge in [-0.05, 0) is 148 Å². The maximum atomic E-state index is 15.4. The quantitative estimate of drug-likeness (QED) is 0.0394. The summed E-state index contributed by atoms with van der Waals surface area (Å²) in [5.41, 5.74) is 0.0389. The fraction of sp³-hybridized carbons (Fsp3) is 0.446. The Morgan fingerprint density at radius 3 is 1.95 bits per heavy atom. The Morgan fingerprint density at radius 1 is 0.634 bits per heavy atom. The molecule has 5 amide bonds. The Morgan fingerprint density at radius 2 is 1.27 bits per heavy atom. The highest BCUT2D eigenvalue weighted by Gasteiger charge is 2.50. The minimum Gasteiger partial charge on any atom is -0.446 e. The molecule has 101 heavy (non-hydrogen) atoms. The number of amides is 5. The third-order valence-corrected chi connectivity index (χ3v) is 19.6. The Labute approximate surface area is 602 Å². The zero-order valence-electron chi connectivity index (χ0n) is 56.6. The summed E-state index contributed by atoms with van der Waals surface area (Å²) < 4.78 is 131. The molecule has 3 fully saturated rings. The number of likely N-dealkylation sites (tertiary alicyclic amines) is 2. The molecule has 3 aliphatic heterocycles. The van der Waals surface area contributed by atoms with Crippen molar-refractivity contribution in [3.63, 3.8) is 0 Å². The van der Waals surface area contributed by atoms with Crippen LogP contribution in [0, 0.1) is 11.6 Å². The summed E-state index contributed by atoms with van der Waals surface area (Å²) in [6, 6.07) is 36.0. The molecule has 0 aromatic heterocycles. The van der Waals surface area contributed by atoms with E-state index < -0.39 is 70.4 Å². The maximum absolute atomic E-state index is 15.4. The number of carbonyl (C=O) groups excluding carboxylic acids is 5. The van der Waals surface area contributed by atoms with E-state index in [1.807, 2.05) is 73.8 Å². The number of benzene rings is 6. The van der Waals surface area contributed by atoms with E-state index in [9.17, 15) is 54.7 Å². The third kappa shape index (κ3) is 20.6. The van der Waals surface area contributed by atoms with Crippen LogP contribution < -0.4 is 10.6 Å². The molecule has 10 rings (SSSR count). The topological polar surface area (TPSA) is 157 Å². The fourth-order valence-electron chi connectivity index (χ4n) is 13.8. The van der Waals surface area contributed by atoms with E-state index in [-0.39, 0.29) is 104 Å². The van der Waals surface area contributed by atoms with Crippen molar-refractivity contribution in [1.29, 1.82) is 0 Å². The van der Waals surface area contributed by atoms with Crippen molar-refractivity contribution in [3.8, 4) is 11.1 Å². The van der Waals surface area contributed by atoms with E-state index in [0.29, 0.717) is 127 Å². The number of unbranched alkanes of at least 4 members (excludes halogenated alkanes) is 2. The molecule has 548 valence electrons. The minimum atomic E-state index is -5.16. The van der Waals surface area contributed by atoms with Crippen LogP contribution in [-0.2, 0) is 53.6 Å². The van der Waals surface area contributed by atoms with Gasteiger partial charge in [0, 0.05) is 102 Å². The van der Waals surface area contributed by atoms with Gasteiger partial charge in [0.05, 0.1) is 35.2 Å². The number of anilines is 2. The average Bonchev–Trinajstić information content (AvgIpc) is 1.62. The van der Waals surface area contributed by atoms with Crippen molar-refractivity contribution in [2.45, 2.75) is 106 Å². The molecule has 6 aromatic rings. The van der Waals surface area contributed by atoms with Crippen molar-refractivity contribution in [1.82, 2.24) is 29.4 Å². The highest BCUT2D eigenvalue weighted by Crippen LogP contribution is 2.49. The predicted octanol–water partition coefficient (Wildman–Crippen LogP) is 14.4. The number of nitrogens with one attached hydrogen (secondary N) is 2. The molecule has 0 saturated carbocycles. The van der Waals surface area contributed by atoms with E-state index >= 15 is 4.39 Å². The second-order valence-corrected chi connectivity index (χ2v) is 26.1. The van der Waals surface area contributed by atoms with Gasteiger partial charge in [-0.15, -0.1) is 37.2 Å². The summed E-state index contributed by atoms with van der Waals surface area (Å²) in [4.78, 5) is 77.0. The molecule has 3 saturated heterocycles. The van der Waals surface area contributed by atoms with Gasteiger partial charge in [-0.3, -0.25) is 24.5 Å². The molecule has 6 aromatic carbocycles. The first kappa shape index (κ1) is 80.7. The van der Waals surface area contributed by atoms with Crippen LogP contribution in [0.15, 0.2) is 140 Å². The number of fused-ring (bicyclic) bond motifs is 2. The summed E-state index contributed by atoms with van der Waals surface area (Å²) in [6.07, 6.45) is -4.80. The number of hydrogen-bond donors (Lipinski definition) is 2. The number of carbonyl (C=O) groups is 5. The van der Waals surface area contributed by atoms with Crippen LogP contribution in [0.3, 0.4) is 0 Å². The summed E-state index contributed by atoms with van der Waals surface area (Å²) in [5, 5.41) is 6.03. The number of piperidine rings is 2. The van der Waals surface area contributed by atoms with Gasteiger partial charge < -0.3 is 48.9 Å². The molecule has 1 spiro atoms. The molecule has 0 unspecified atom stereocenters. The molecule has 4 aliphatic rings. The van der Waals surface area contributed by atoms with Gasteiger partial charge in [0.15, 0.2) is 0 Å². The summed E-state index contributed by atoms with van der Waals surface area (Å²) in [7, 11) is 5.10. The van der Waals surface area contributed by atoms with E-state index in [2.05, 4.69) is 32.6 Å². The molecule has 27 heteroatoms. The lowest BCUT2D eigenvalue weighted by atomic mass is 9.72. The lowest BCUT2D eigenvalue weighted by Gasteiger charge is -2.44. The van der Waals surface area contributed by atoms with Gasteiger partial charge in [0.1, 0.15) is 36.7 Å². The molecule has 16 nitrogen and oxygen atoms in total. The zero-order valence-corrected chi connectivity index (χ0v) is 59.1. The van der Waals surface area contributed by atoms with Gasteiger partial charge in [-0.1, -0.05) is 91.3 Å². The Balaban J connectivity index is 0.00000477. The molecule has 0 radical (unpaired) electrons. The number of para-hydroxylation sites is 1. The van der Waals surface area contributed by atoms with Crippen molar-refractivity contribution in [2.75, 3.05) is 117 Å². The van der Waals surface area contributed by atoms with Gasteiger partial charge >= 0.3 is 18.4 Å². The maximum Gasteiger partial charge on any atom is 0.416 e. The molecule has 3 heterocycles. The van der Waals surface area contributed by atoms with Gasteiger partial charge in [0.25, 0.3) is 11.8 Å². The van der Waals surface area contributed by atoms with Crippen LogP contribution in [0.25, 0.3) is 11.1 Å². The molecule has 1 aliphatic carbocycles. The van der Waals surface area contributed by atoms with Gasteiger partial charge in [0.2, 0.25) is 11.8 Å². The number of halogens is 11. The zero-order chi connectivity index (χ0) is 69.8. The molecular weight excluding hydrogens is 1390 g/mol. The van der Waals surface area contributed by atoms with E-state index in [1.165, 1.54) is 35.2 Å². The Bertz CT molecular complexity index is 3720. The second-order valence-electron chi connectivity index (χ2n) is 26.1. The first-order valence-corrected chi connectivity index (χ1v) is 33.4. The van der Waals surface area contributed by atoms with Crippen molar-refractivity contribution in [3.05, 3.63) is 190 Å². The van der Waals surface area contributed by atoms with E-state index in [0.717, 1.165) is 53.2 Å². The summed E-state index contributed by atoms with van der Waals surface area (Å²) >= 11 is 0. The largest absolute Gasteiger partial charge is 0.446 e. The van der Waals surface area contributed by atoms with Crippen LogP contribution >= 0.6 is 37.2 Å². The van der Waals surface area contributed by atoms with Crippen LogP contribution in [0.4, 0.5) is 51.3 Å². The fourth-order valence-corrected chi connectivity index (χ4v) is 13.8. The van der Waals surface area contributed by atoms with E-state index in [4.69, 9.17) is 14.2 Å². The van der Waals surface area contributed by atoms with Crippen LogP contribution in [0.2, 0.25) is 0 Å². The average molecular weight is 1470 g/mol. The monoisotopic (exact) mass is 1470 g/mol. The normalized spacial score (nSPS) is 17.6. The Hall–Kier alpha value is -7.58. The number of alkyl halides is 6. The SMILES string of the molecule is CN(CCN1CCC(OC(=O)Nc2ccccc2-c2ccccc2)CC1)C(=O)CCCCCNc1ccc(C(=O)N(C)CCCN(C)C(=O)CO[C@H]2Cc3ccccc3C23CCN(CC[C@]2(c4ccc(F)cc4)CN(C(=O)c4cc(C(F)(F)F)cc(C(F)(F)F)c4)CO2)CC3)cc1F.Cl.Cl.Cl. The van der Waals surface area contributed by atoms with Crippen LogP contribution in [-0.4, -0.2) is 178 Å². The highest BCUT2D eigenvalue weighted by atomic mass is 35.5. The van der Waals surface area contributed by atoms with Crippen LogP contribution in [0.1, 0.15) is 113 Å². The van der Waals surface area contributed by atoms with Gasteiger partial charge in [-0.25, -0.2) is 13.6 Å². The van der Waals surface area contributed by atoms with Crippen molar-refractivity contribution < 1.29 is 73.3 Å². The first-order valence-electron chi connectivity index (χ1n) is 33.4. The van der Waals surface area contributed by atoms with Gasteiger partial charge in [-0.2, -0.15) is 26.3 Å². The second kappa shape index (κ2) is 36.0. The molecule has 0 bridgehead atoms. The number of rotatable bonds is 26. The number of ether oxygens (including phenoxy) is 3. The minimum absolute atomic E-state index is 0. The van der Waals surface area contributed by atoms with E-state index in [1.54, 1.807) is 36.0 Å². The lowest BCUT2D eigenvalue weighted by Crippen LogP contribution is -2.50.